The summed E-state index contributed by atoms with van der Waals surface area (Å²) in [5, 5.41) is 2.96. The lowest BCUT2D eigenvalue weighted by Crippen LogP contribution is -2.46. The number of benzene rings is 1. The van der Waals surface area contributed by atoms with Crippen LogP contribution in [0, 0.1) is 5.92 Å². The van der Waals surface area contributed by atoms with Crippen LogP contribution in [0.25, 0.3) is 0 Å². The Hall–Kier alpha value is -2.08. The second-order valence-corrected chi connectivity index (χ2v) is 7.95. The Morgan fingerprint density at radius 2 is 1.85 bits per heavy atom. The van der Waals surface area contributed by atoms with Crippen LogP contribution in [0.5, 0.6) is 0 Å². The molecule has 0 radical (unpaired) electrons. The van der Waals surface area contributed by atoms with Gasteiger partial charge in [-0.3, -0.25) is 4.79 Å². The van der Waals surface area contributed by atoms with Crippen LogP contribution in [0.4, 0.5) is 4.79 Å². The summed E-state index contributed by atoms with van der Waals surface area (Å²) in [4.78, 5) is 26.0. The largest absolute Gasteiger partial charge is 0.444 e. The number of carbonyl (C=O) groups is 2. The predicted molar refractivity (Wildman–Crippen MR) is 102 cm³/mol. The number of hydrogen-bond acceptors (Lipinski definition) is 4. The van der Waals surface area contributed by atoms with E-state index >= 15 is 0 Å². The molecule has 0 aromatic heterocycles. The molecule has 3 N–H and O–H groups in total. The van der Waals surface area contributed by atoms with E-state index in [-0.39, 0.29) is 12.0 Å². The third-order valence-corrected chi connectivity index (χ3v) is 4.47. The summed E-state index contributed by atoms with van der Waals surface area (Å²) in [6.07, 6.45) is 1.98. The van der Waals surface area contributed by atoms with Crippen molar-refractivity contribution in [3.8, 4) is 0 Å². The highest BCUT2D eigenvalue weighted by Gasteiger charge is 2.27. The number of carbonyl (C=O) groups excluding carboxylic acids is 2. The van der Waals surface area contributed by atoms with Crippen molar-refractivity contribution < 1.29 is 14.3 Å². The van der Waals surface area contributed by atoms with E-state index in [1.54, 1.807) is 4.90 Å². The Balaban J connectivity index is 1.69. The molecule has 0 saturated carbocycles. The van der Waals surface area contributed by atoms with Gasteiger partial charge in [0.2, 0.25) is 5.91 Å². The number of likely N-dealkylation sites (tertiary alicyclic amines) is 1. The monoisotopic (exact) mass is 361 g/mol. The van der Waals surface area contributed by atoms with Crippen molar-refractivity contribution in [3.05, 3.63) is 35.9 Å². The molecule has 6 heteroatoms. The van der Waals surface area contributed by atoms with Crippen molar-refractivity contribution >= 4 is 12.0 Å². The van der Waals surface area contributed by atoms with Gasteiger partial charge in [-0.1, -0.05) is 30.3 Å². The van der Waals surface area contributed by atoms with Crippen molar-refractivity contribution in [2.24, 2.45) is 11.7 Å². The average Bonchev–Trinajstić information content (AvgIpc) is 2.59. The van der Waals surface area contributed by atoms with Crippen LogP contribution in [-0.2, 0) is 16.0 Å². The minimum atomic E-state index is -0.542. The lowest BCUT2D eigenvalue weighted by molar-refractivity contribution is -0.122. The Morgan fingerprint density at radius 1 is 1.23 bits per heavy atom. The molecular weight excluding hydrogens is 330 g/mol. The molecule has 1 saturated heterocycles. The first-order valence-electron chi connectivity index (χ1n) is 9.30. The lowest BCUT2D eigenvalue weighted by atomic mass is 9.96. The van der Waals surface area contributed by atoms with Crippen LogP contribution in [0.1, 0.15) is 39.2 Å². The number of nitrogens with zero attached hydrogens (tertiary/aromatic N) is 1. The lowest BCUT2D eigenvalue weighted by Gasteiger charge is -2.33. The van der Waals surface area contributed by atoms with E-state index in [0.717, 1.165) is 18.4 Å². The first-order valence-corrected chi connectivity index (χ1v) is 9.30. The zero-order chi connectivity index (χ0) is 19.2. The van der Waals surface area contributed by atoms with E-state index in [0.29, 0.717) is 32.0 Å². The fourth-order valence-electron chi connectivity index (χ4n) is 2.98. The van der Waals surface area contributed by atoms with Gasteiger partial charge in [0.05, 0.1) is 6.04 Å². The van der Waals surface area contributed by atoms with E-state index in [1.807, 2.05) is 51.1 Å². The standard InChI is InChI=1S/C20H31N3O3/c1-20(2,3)26-19(25)23-11-9-16(10-12-23)14-22-18(24)17(21)13-15-7-5-4-6-8-15/h4-8,16-17H,9-14,21H2,1-3H3,(H,22,24)/t17-/m1/s1. The molecule has 2 rings (SSSR count). The quantitative estimate of drug-likeness (QED) is 0.843. The predicted octanol–water partition coefficient (Wildman–Crippen LogP) is 2.32. The van der Waals surface area contributed by atoms with Gasteiger partial charge in [0.25, 0.3) is 0 Å². The summed E-state index contributed by atoms with van der Waals surface area (Å²) in [5.74, 6) is 0.241. The van der Waals surface area contributed by atoms with Gasteiger partial charge < -0.3 is 20.7 Å². The Labute approximate surface area is 156 Å². The third kappa shape index (κ3) is 6.67. The van der Waals surface area contributed by atoms with Crippen molar-refractivity contribution in [2.75, 3.05) is 19.6 Å². The normalized spacial score (nSPS) is 16.8. The van der Waals surface area contributed by atoms with Crippen molar-refractivity contribution in [2.45, 2.75) is 51.7 Å². The zero-order valence-electron chi connectivity index (χ0n) is 16.0. The second-order valence-electron chi connectivity index (χ2n) is 7.95. The molecule has 26 heavy (non-hydrogen) atoms. The van der Waals surface area contributed by atoms with Crippen molar-refractivity contribution in [3.63, 3.8) is 0 Å². The van der Waals surface area contributed by atoms with Gasteiger partial charge in [-0.15, -0.1) is 0 Å². The highest BCUT2D eigenvalue weighted by molar-refractivity contribution is 5.81. The molecule has 1 heterocycles. The number of ether oxygens (including phenoxy) is 1. The Bertz CT molecular complexity index is 590. The highest BCUT2D eigenvalue weighted by Crippen LogP contribution is 2.19. The molecule has 1 atom stereocenters. The molecule has 2 amide bonds. The number of amides is 2. The Kier molecular flexibility index (Phi) is 7.03. The summed E-state index contributed by atoms with van der Waals surface area (Å²) >= 11 is 0. The molecule has 0 aliphatic carbocycles. The summed E-state index contributed by atoms with van der Waals surface area (Å²) < 4.78 is 5.40. The molecule has 1 aromatic rings. The molecule has 1 aliphatic rings. The average molecular weight is 361 g/mol. The van der Waals surface area contributed by atoms with Gasteiger partial charge in [0.1, 0.15) is 5.60 Å². The molecule has 0 unspecified atom stereocenters. The van der Waals surface area contributed by atoms with Crippen LogP contribution < -0.4 is 11.1 Å². The van der Waals surface area contributed by atoms with E-state index < -0.39 is 11.6 Å². The first kappa shape index (κ1) is 20.2. The fourth-order valence-corrected chi connectivity index (χ4v) is 2.98. The van der Waals surface area contributed by atoms with E-state index in [2.05, 4.69) is 5.32 Å². The summed E-state index contributed by atoms with van der Waals surface area (Å²) in [7, 11) is 0. The minimum absolute atomic E-state index is 0.122. The van der Waals surface area contributed by atoms with Gasteiger partial charge >= 0.3 is 6.09 Å². The van der Waals surface area contributed by atoms with Gasteiger partial charge in [0.15, 0.2) is 0 Å². The molecular formula is C20H31N3O3. The summed E-state index contributed by atoms with van der Waals surface area (Å²) in [6.45, 7) is 7.52. The van der Waals surface area contributed by atoms with Crippen LogP contribution >= 0.6 is 0 Å². The summed E-state index contributed by atoms with van der Waals surface area (Å²) in [6, 6.07) is 9.23. The van der Waals surface area contributed by atoms with E-state index in [4.69, 9.17) is 10.5 Å². The second kappa shape index (κ2) is 9.03. The van der Waals surface area contributed by atoms with E-state index in [9.17, 15) is 9.59 Å². The van der Waals surface area contributed by atoms with Gasteiger partial charge in [-0.05, 0) is 51.5 Å². The smallest absolute Gasteiger partial charge is 0.410 e. The molecule has 144 valence electrons. The van der Waals surface area contributed by atoms with Crippen LogP contribution in [-0.4, -0.2) is 48.2 Å². The molecule has 6 nitrogen and oxygen atoms in total. The maximum absolute atomic E-state index is 12.2. The van der Waals surface area contributed by atoms with Gasteiger partial charge in [-0.25, -0.2) is 4.79 Å². The number of rotatable bonds is 5. The molecule has 1 fully saturated rings. The number of hydrogen-bond donors (Lipinski definition) is 2. The molecule has 1 aromatic carbocycles. The fraction of sp³-hybridized carbons (Fsp3) is 0.600. The first-order chi connectivity index (χ1) is 12.2. The van der Waals surface area contributed by atoms with Crippen LogP contribution in [0.15, 0.2) is 30.3 Å². The van der Waals surface area contributed by atoms with Crippen molar-refractivity contribution in [1.29, 1.82) is 0 Å². The molecule has 0 spiro atoms. The number of nitrogens with two attached hydrogens (primary N) is 1. The van der Waals surface area contributed by atoms with Crippen LogP contribution in [0.3, 0.4) is 0 Å². The van der Waals surface area contributed by atoms with E-state index in [1.165, 1.54) is 0 Å². The summed E-state index contributed by atoms with van der Waals surface area (Å²) in [5.41, 5.74) is 6.58. The maximum atomic E-state index is 12.2. The van der Waals surface area contributed by atoms with Gasteiger partial charge in [0, 0.05) is 19.6 Å². The Morgan fingerprint density at radius 3 is 2.42 bits per heavy atom. The maximum Gasteiger partial charge on any atom is 0.410 e. The molecule has 0 bridgehead atoms. The highest BCUT2D eigenvalue weighted by atomic mass is 16.6. The SMILES string of the molecule is CC(C)(C)OC(=O)N1CCC(CNC(=O)[C@H](N)Cc2ccccc2)CC1. The minimum Gasteiger partial charge on any atom is -0.444 e. The topological polar surface area (TPSA) is 84.7 Å². The number of piperidine rings is 1. The van der Waals surface area contributed by atoms with Crippen LogP contribution in [0.2, 0.25) is 0 Å². The van der Waals surface area contributed by atoms with Crippen molar-refractivity contribution in [1.82, 2.24) is 10.2 Å². The van der Waals surface area contributed by atoms with Gasteiger partial charge in [-0.2, -0.15) is 0 Å². The molecule has 1 aliphatic heterocycles. The third-order valence-electron chi connectivity index (χ3n) is 4.47. The number of nitrogens with one attached hydrogen (secondary N) is 1. The zero-order valence-corrected chi connectivity index (χ0v) is 16.0.